The first-order valence-electron chi connectivity index (χ1n) is 10.4. The maximum atomic E-state index is 13.5. The first-order valence-corrected chi connectivity index (χ1v) is 10.4. The van der Waals surface area contributed by atoms with Gasteiger partial charge in [-0.05, 0) is 37.6 Å². The number of benzene rings is 1. The fraction of sp³-hybridized carbons (Fsp3) is 0.455. The predicted molar refractivity (Wildman–Crippen MR) is 112 cm³/mol. The summed E-state index contributed by atoms with van der Waals surface area (Å²) < 4.78 is 38.7. The number of aliphatic hydroxyl groups excluding tert-OH is 1. The number of carbonyl (C=O) groups is 1. The number of rotatable bonds is 4. The van der Waals surface area contributed by atoms with Gasteiger partial charge in [-0.25, -0.2) is 0 Å². The molecule has 0 bridgehead atoms. The van der Waals surface area contributed by atoms with Gasteiger partial charge in [0.1, 0.15) is 11.8 Å². The first kappa shape index (κ1) is 22.3. The van der Waals surface area contributed by atoms with Crippen LogP contribution in [0.4, 0.5) is 18.9 Å². The van der Waals surface area contributed by atoms with Gasteiger partial charge in [0.15, 0.2) is 0 Å². The summed E-state index contributed by atoms with van der Waals surface area (Å²) >= 11 is 0. The molecular formula is C22H25F3N4O3. The third-order valence-corrected chi connectivity index (χ3v) is 6.21. The number of aromatic nitrogens is 1. The molecule has 2 aliphatic rings. The highest BCUT2D eigenvalue weighted by Crippen LogP contribution is 2.39. The van der Waals surface area contributed by atoms with Crippen LogP contribution in [0.2, 0.25) is 0 Å². The summed E-state index contributed by atoms with van der Waals surface area (Å²) in [7, 11) is 0. The number of carbonyl (C=O) groups excluding carboxylic acids is 1. The van der Waals surface area contributed by atoms with Gasteiger partial charge >= 0.3 is 6.18 Å². The molecule has 1 spiro atoms. The van der Waals surface area contributed by atoms with Crippen molar-refractivity contribution in [2.24, 2.45) is 0 Å². The molecule has 4 rings (SSSR count). The number of aromatic amines is 1. The van der Waals surface area contributed by atoms with Crippen molar-refractivity contribution in [3.63, 3.8) is 0 Å². The first-order chi connectivity index (χ1) is 15.0. The zero-order valence-corrected chi connectivity index (χ0v) is 17.8. The molecule has 2 aliphatic heterocycles. The summed E-state index contributed by atoms with van der Waals surface area (Å²) in [5.41, 5.74) is -0.812. The van der Waals surface area contributed by atoms with Crippen molar-refractivity contribution in [2.75, 3.05) is 24.5 Å². The Morgan fingerprint density at radius 3 is 2.38 bits per heavy atom. The van der Waals surface area contributed by atoms with Crippen LogP contribution in [0.1, 0.15) is 25.0 Å². The smallest absolute Gasteiger partial charge is 0.376 e. The fourth-order valence-corrected chi connectivity index (χ4v) is 4.45. The van der Waals surface area contributed by atoms with Gasteiger partial charge in [-0.3, -0.25) is 14.5 Å². The molecule has 1 atom stereocenters. The summed E-state index contributed by atoms with van der Waals surface area (Å²) in [5, 5.41) is 10.9. The van der Waals surface area contributed by atoms with Gasteiger partial charge in [-0.2, -0.15) is 13.2 Å². The SMILES string of the molecule is CC(C)N1CC(O)N(Cc2ccc(C(F)(F)F)cc2)C2(CN(c3cc[nH]c(=O)c3)C2)C1=O. The lowest BCUT2D eigenvalue weighted by molar-refractivity contribution is -0.183. The normalized spacial score (nSPS) is 21.3. The molecule has 2 fully saturated rings. The Hall–Kier alpha value is -2.85. The number of hydrogen-bond donors (Lipinski definition) is 2. The maximum Gasteiger partial charge on any atom is 0.416 e. The van der Waals surface area contributed by atoms with Crippen molar-refractivity contribution < 1.29 is 23.1 Å². The van der Waals surface area contributed by atoms with E-state index in [4.69, 9.17) is 0 Å². The summed E-state index contributed by atoms with van der Waals surface area (Å²) in [6.07, 6.45) is -3.88. The lowest BCUT2D eigenvalue weighted by Crippen LogP contribution is -2.82. The molecule has 10 heteroatoms. The molecular weight excluding hydrogens is 425 g/mol. The van der Waals surface area contributed by atoms with Gasteiger partial charge in [0.05, 0.1) is 12.1 Å². The van der Waals surface area contributed by atoms with E-state index in [0.29, 0.717) is 11.3 Å². The maximum absolute atomic E-state index is 13.5. The third-order valence-electron chi connectivity index (χ3n) is 6.21. The summed E-state index contributed by atoms with van der Waals surface area (Å²) in [5.74, 6) is -0.134. The Morgan fingerprint density at radius 2 is 1.81 bits per heavy atom. The lowest BCUT2D eigenvalue weighted by atomic mass is 9.82. The number of anilines is 1. The lowest BCUT2D eigenvalue weighted by Gasteiger charge is -2.61. The number of amides is 1. The van der Waals surface area contributed by atoms with Gasteiger partial charge in [0.2, 0.25) is 11.5 Å². The molecule has 1 aromatic carbocycles. The minimum Gasteiger partial charge on any atom is -0.376 e. The Balaban J connectivity index is 1.62. The number of halogens is 3. The third kappa shape index (κ3) is 3.88. The number of alkyl halides is 3. The van der Waals surface area contributed by atoms with Crippen LogP contribution in [0, 0.1) is 0 Å². The van der Waals surface area contributed by atoms with Crippen LogP contribution in [0.5, 0.6) is 0 Å². The minimum absolute atomic E-state index is 0.115. The number of H-pyrrole nitrogens is 1. The Labute approximate surface area is 183 Å². The highest BCUT2D eigenvalue weighted by Gasteiger charge is 2.59. The zero-order chi connectivity index (χ0) is 23.3. The van der Waals surface area contributed by atoms with E-state index < -0.39 is 23.5 Å². The number of pyridine rings is 1. The average Bonchev–Trinajstić information content (AvgIpc) is 2.69. The summed E-state index contributed by atoms with van der Waals surface area (Å²) in [6, 6.07) is 7.81. The van der Waals surface area contributed by atoms with E-state index in [1.807, 2.05) is 18.7 Å². The highest BCUT2D eigenvalue weighted by atomic mass is 19.4. The van der Waals surface area contributed by atoms with E-state index in [1.54, 1.807) is 15.9 Å². The van der Waals surface area contributed by atoms with Gasteiger partial charge < -0.3 is 19.9 Å². The second kappa shape index (κ2) is 7.93. The van der Waals surface area contributed by atoms with Crippen molar-refractivity contribution in [1.29, 1.82) is 0 Å². The standard InChI is InChI=1S/C22H25F3N4O3/c1-14(2)28-11-19(31)29(10-15-3-5-16(6-4-15)22(23,24)25)21(20(28)32)12-27(13-21)17-7-8-26-18(30)9-17/h3-9,14,19,31H,10-13H2,1-2H3,(H,26,30). The Bertz CT molecular complexity index is 1050. The van der Waals surface area contributed by atoms with Crippen molar-refractivity contribution in [2.45, 2.75) is 44.4 Å². The molecule has 172 valence electrons. The number of hydrogen-bond acceptors (Lipinski definition) is 5. The molecule has 2 N–H and O–H groups in total. The van der Waals surface area contributed by atoms with Gasteiger partial charge in [-0.15, -0.1) is 0 Å². The van der Waals surface area contributed by atoms with E-state index in [1.165, 1.54) is 24.4 Å². The van der Waals surface area contributed by atoms with Crippen molar-refractivity contribution >= 4 is 11.6 Å². The van der Waals surface area contributed by atoms with E-state index in [0.717, 1.165) is 12.1 Å². The number of piperazine rings is 1. The largest absolute Gasteiger partial charge is 0.416 e. The quantitative estimate of drug-likeness (QED) is 0.745. The summed E-state index contributed by atoms with van der Waals surface area (Å²) in [6.45, 7) is 4.50. The molecule has 1 amide bonds. The van der Waals surface area contributed by atoms with Crippen molar-refractivity contribution in [3.05, 3.63) is 64.1 Å². The Kier molecular flexibility index (Phi) is 5.54. The van der Waals surface area contributed by atoms with Gasteiger partial charge in [-0.1, -0.05) is 12.1 Å². The fourth-order valence-electron chi connectivity index (χ4n) is 4.45. The van der Waals surface area contributed by atoms with Crippen LogP contribution in [-0.4, -0.2) is 63.2 Å². The van der Waals surface area contributed by atoms with Crippen LogP contribution >= 0.6 is 0 Å². The molecule has 1 unspecified atom stereocenters. The minimum atomic E-state index is -4.43. The van der Waals surface area contributed by atoms with Gasteiger partial charge in [0.25, 0.3) is 0 Å². The second-order valence-corrected chi connectivity index (χ2v) is 8.65. The van der Waals surface area contributed by atoms with Crippen LogP contribution in [-0.2, 0) is 17.5 Å². The zero-order valence-electron chi connectivity index (χ0n) is 17.8. The molecule has 2 aromatic rings. The van der Waals surface area contributed by atoms with Gasteiger partial charge in [0, 0.05) is 43.6 Å². The van der Waals surface area contributed by atoms with E-state index >= 15 is 0 Å². The topological polar surface area (TPSA) is 79.9 Å². The van der Waals surface area contributed by atoms with Crippen molar-refractivity contribution in [3.8, 4) is 0 Å². The monoisotopic (exact) mass is 450 g/mol. The molecule has 0 aliphatic carbocycles. The van der Waals surface area contributed by atoms with E-state index in [9.17, 15) is 27.9 Å². The van der Waals surface area contributed by atoms with Crippen LogP contribution in [0.15, 0.2) is 47.4 Å². The molecule has 3 heterocycles. The molecule has 2 saturated heterocycles. The number of aliphatic hydroxyl groups is 1. The summed E-state index contributed by atoms with van der Waals surface area (Å²) in [4.78, 5) is 32.9. The Morgan fingerprint density at radius 1 is 1.16 bits per heavy atom. The number of β-amino-alcohol motifs (C(OH)–C–C–N with tert-alkyl or cyclic N) is 1. The number of nitrogens with zero attached hydrogens (tertiary/aromatic N) is 3. The highest BCUT2D eigenvalue weighted by molar-refractivity contribution is 5.91. The predicted octanol–water partition coefficient (Wildman–Crippen LogP) is 2.02. The molecule has 1 aromatic heterocycles. The second-order valence-electron chi connectivity index (χ2n) is 8.65. The van der Waals surface area contributed by atoms with Crippen LogP contribution < -0.4 is 10.5 Å². The average molecular weight is 450 g/mol. The number of nitrogens with one attached hydrogen (secondary N) is 1. The molecule has 32 heavy (non-hydrogen) atoms. The van der Waals surface area contributed by atoms with Crippen molar-refractivity contribution in [1.82, 2.24) is 14.8 Å². The van der Waals surface area contributed by atoms with E-state index in [2.05, 4.69) is 4.98 Å². The molecule has 0 saturated carbocycles. The molecule has 7 nitrogen and oxygen atoms in total. The van der Waals surface area contributed by atoms with E-state index in [-0.39, 0.29) is 43.7 Å². The molecule has 0 radical (unpaired) electrons. The van der Waals surface area contributed by atoms with Crippen LogP contribution in [0.25, 0.3) is 0 Å². The van der Waals surface area contributed by atoms with Crippen LogP contribution in [0.3, 0.4) is 0 Å².